The highest BCUT2D eigenvalue weighted by Gasteiger charge is 2.68. The molecule has 0 bridgehead atoms. The Labute approximate surface area is 221 Å². The van der Waals surface area contributed by atoms with Crippen LogP contribution >= 0.6 is 0 Å². The van der Waals surface area contributed by atoms with E-state index >= 15 is 0 Å². The van der Waals surface area contributed by atoms with Crippen LogP contribution in [0.3, 0.4) is 0 Å². The molecule has 0 radical (unpaired) electrons. The minimum absolute atomic E-state index is 0.0307. The van der Waals surface area contributed by atoms with Crippen molar-refractivity contribution < 1.29 is 30.5 Å². The number of alkyl halides is 3. The van der Waals surface area contributed by atoms with Crippen LogP contribution in [-0.4, -0.2) is 27.1 Å². The molecule has 8 atom stereocenters. The minimum atomic E-state index is -5.70. The molecule has 4 aliphatic carbocycles. The molecule has 3 saturated carbocycles. The van der Waals surface area contributed by atoms with E-state index in [-0.39, 0.29) is 34.0 Å². The molecule has 0 aromatic rings. The van der Waals surface area contributed by atoms with Gasteiger partial charge in [0, 0.05) is 12.5 Å². The van der Waals surface area contributed by atoms with Gasteiger partial charge in [-0.15, -0.1) is 0 Å². The summed E-state index contributed by atoms with van der Waals surface area (Å²) in [5.41, 5.74) is -5.12. The van der Waals surface area contributed by atoms with Crippen molar-refractivity contribution in [3.63, 3.8) is 0 Å². The van der Waals surface area contributed by atoms with Crippen molar-refractivity contribution in [2.24, 2.45) is 45.3 Å². The number of ether oxygens (including phenoxy) is 1. The first-order valence-electron chi connectivity index (χ1n) is 13.8. The van der Waals surface area contributed by atoms with Gasteiger partial charge in [-0.05, 0) is 97.9 Å². The summed E-state index contributed by atoms with van der Waals surface area (Å²) in [6.07, 6.45) is 9.69. The Balaban J connectivity index is 1.70. The summed E-state index contributed by atoms with van der Waals surface area (Å²) in [6, 6.07) is 0. The van der Waals surface area contributed by atoms with Crippen LogP contribution in [0.25, 0.3) is 0 Å². The molecule has 3 fully saturated rings. The van der Waals surface area contributed by atoms with E-state index in [1.807, 2.05) is 13.8 Å². The lowest BCUT2D eigenvalue weighted by Gasteiger charge is -2.71. The second kappa shape index (κ2) is 9.00. The van der Waals surface area contributed by atoms with Crippen LogP contribution < -0.4 is 0 Å². The van der Waals surface area contributed by atoms with Crippen LogP contribution in [0.15, 0.2) is 24.0 Å². The lowest BCUT2D eigenvalue weighted by atomic mass is 9.34. The first-order valence-corrected chi connectivity index (χ1v) is 15.2. The van der Waals surface area contributed by atoms with Crippen molar-refractivity contribution in [1.82, 2.24) is 0 Å². The fourth-order valence-electron chi connectivity index (χ4n) is 10.0. The predicted octanol–water partition coefficient (Wildman–Crippen LogP) is 8.01. The molecule has 0 aliphatic heterocycles. The van der Waals surface area contributed by atoms with Gasteiger partial charge in [0.25, 0.3) is 0 Å². The first-order chi connectivity index (χ1) is 16.9. The Bertz CT molecular complexity index is 1060. The smallest absolute Gasteiger partial charge is 0.380 e. The monoisotopic (exact) mass is 546 g/mol. The third-order valence-corrected chi connectivity index (χ3v) is 12.8. The number of halogens is 3. The normalized spacial score (nSPS) is 42.5. The first kappa shape index (κ1) is 29.0. The van der Waals surface area contributed by atoms with Crippen molar-refractivity contribution in [3.8, 4) is 0 Å². The van der Waals surface area contributed by atoms with E-state index in [2.05, 4.69) is 34.3 Å². The van der Waals surface area contributed by atoms with Crippen LogP contribution in [0.1, 0.15) is 92.9 Å². The fraction of sp³-hybridized carbons (Fsp3) is 0.862. The molecule has 0 aromatic heterocycles. The van der Waals surface area contributed by atoms with Crippen LogP contribution in [-0.2, 0) is 19.0 Å². The highest BCUT2D eigenvalue weighted by molar-refractivity contribution is 7.87. The average molecular weight is 547 g/mol. The number of rotatable bonds is 5. The molecule has 4 rings (SSSR count). The van der Waals surface area contributed by atoms with E-state index in [4.69, 9.17) is 8.92 Å². The molecule has 0 amide bonds. The summed E-state index contributed by atoms with van der Waals surface area (Å²) >= 11 is 0. The fourth-order valence-corrected chi connectivity index (χ4v) is 10.6. The lowest BCUT2D eigenvalue weighted by molar-refractivity contribution is -0.219. The Kier molecular flexibility index (Phi) is 7.05. The van der Waals surface area contributed by atoms with Crippen molar-refractivity contribution >= 4 is 10.1 Å². The van der Waals surface area contributed by atoms with Gasteiger partial charge in [0.15, 0.2) is 0 Å². The van der Waals surface area contributed by atoms with E-state index in [1.54, 1.807) is 13.2 Å². The molecule has 37 heavy (non-hydrogen) atoms. The number of methoxy groups -OCH3 is 1. The third kappa shape index (κ3) is 4.13. The number of hydrogen-bond donors (Lipinski definition) is 0. The average Bonchev–Trinajstić information content (AvgIpc) is 2.75. The van der Waals surface area contributed by atoms with Crippen molar-refractivity contribution in [3.05, 3.63) is 24.0 Å². The summed E-state index contributed by atoms with van der Waals surface area (Å²) in [5.74, 6) is 1.34. The standard InChI is InChI=1S/C29H45F3O4S/c1-18(2)24(35-8)19-10-9-15-27(6)20(19)11-12-22-26(5)16-14-23(36-37(33,34)29(30,31)32)25(3,4)21(26)13-17-28(22,27)7/h14,19-22,24H,1,9-13,15-17H2,2-8H3/t19-,20+,21-,22+,24-,26-,27+,28+/m0/s1. The maximum atomic E-state index is 13.1. The number of hydrogen-bond acceptors (Lipinski definition) is 4. The second-order valence-corrected chi connectivity index (χ2v) is 15.2. The highest BCUT2D eigenvalue weighted by Crippen LogP contribution is 2.74. The Hall–Kier alpha value is -1.02. The summed E-state index contributed by atoms with van der Waals surface area (Å²) in [7, 11) is -3.91. The number of allylic oxidation sites excluding steroid dienone is 2. The Morgan fingerprint density at radius 1 is 1.03 bits per heavy atom. The van der Waals surface area contributed by atoms with Gasteiger partial charge in [-0.1, -0.05) is 53.2 Å². The molecular formula is C29H45F3O4S. The van der Waals surface area contributed by atoms with Crippen molar-refractivity contribution in [2.75, 3.05) is 7.11 Å². The molecule has 4 aliphatic rings. The SMILES string of the molecule is C=C(C)[C@H](OC)[C@H]1CCC[C@]2(C)[C@@H]1CC[C@@H]1[C@@]3(C)CC=C(OS(=O)(=O)C(F)(F)F)C(C)(C)[C@@H]3CC[C@]12C. The van der Waals surface area contributed by atoms with Gasteiger partial charge in [-0.2, -0.15) is 21.6 Å². The van der Waals surface area contributed by atoms with Gasteiger partial charge in [0.1, 0.15) is 5.76 Å². The largest absolute Gasteiger partial charge is 0.534 e. The van der Waals surface area contributed by atoms with E-state index in [0.29, 0.717) is 24.2 Å². The molecule has 0 saturated heterocycles. The molecule has 0 spiro atoms. The van der Waals surface area contributed by atoms with Crippen LogP contribution in [0.2, 0.25) is 0 Å². The van der Waals surface area contributed by atoms with Crippen LogP contribution in [0, 0.1) is 45.3 Å². The van der Waals surface area contributed by atoms with E-state index in [1.165, 1.54) is 6.42 Å². The summed E-state index contributed by atoms with van der Waals surface area (Å²) < 4.78 is 73.9. The van der Waals surface area contributed by atoms with Gasteiger partial charge in [-0.25, -0.2) is 0 Å². The minimum Gasteiger partial charge on any atom is -0.380 e. The highest BCUT2D eigenvalue weighted by atomic mass is 32.2. The van der Waals surface area contributed by atoms with E-state index < -0.39 is 21.0 Å². The zero-order valence-electron chi connectivity index (χ0n) is 23.5. The van der Waals surface area contributed by atoms with Gasteiger partial charge in [0.05, 0.1) is 6.10 Å². The Morgan fingerprint density at radius 2 is 1.68 bits per heavy atom. The summed E-state index contributed by atoms with van der Waals surface area (Å²) in [4.78, 5) is 0. The molecule has 8 heteroatoms. The second-order valence-electron chi connectivity index (χ2n) is 13.7. The molecular weight excluding hydrogens is 501 g/mol. The zero-order valence-corrected chi connectivity index (χ0v) is 24.3. The zero-order chi connectivity index (χ0) is 27.8. The summed E-state index contributed by atoms with van der Waals surface area (Å²) in [6.45, 7) is 17.3. The molecule has 0 heterocycles. The van der Waals surface area contributed by atoms with E-state index in [0.717, 1.165) is 44.1 Å². The predicted molar refractivity (Wildman–Crippen MR) is 139 cm³/mol. The van der Waals surface area contributed by atoms with Gasteiger partial charge in [0.2, 0.25) is 0 Å². The molecule has 0 N–H and O–H groups in total. The number of fused-ring (bicyclic) bond motifs is 5. The maximum absolute atomic E-state index is 13.1. The molecule has 0 aromatic carbocycles. The van der Waals surface area contributed by atoms with Crippen molar-refractivity contribution in [2.45, 2.75) is 105 Å². The molecule has 0 unspecified atom stereocenters. The third-order valence-electron chi connectivity index (χ3n) is 11.8. The van der Waals surface area contributed by atoms with Gasteiger partial charge < -0.3 is 8.92 Å². The molecule has 4 nitrogen and oxygen atoms in total. The molecule has 212 valence electrons. The quantitative estimate of drug-likeness (QED) is 0.199. The summed E-state index contributed by atoms with van der Waals surface area (Å²) in [5, 5.41) is 0. The van der Waals surface area contributed by atoms with E-state index in [9.17, 15) is 21.6 Å². The van der Waals surface area contributed by atoms with Crippen molar-refractivity contribution in [1.29, 1.82) is 0 Å². The van der Waals surface area contributed by atoms with Crippen LogP contribution in [0.5, 0.6) is 0 Å². The van der Waals surface area contributed by atoms with Gasteiger partial charge in [-0.3, -0.25) is 0 Å². The maximum Gasteiger partial charge on any atom is 0.534 e. The van der Waals surface area contributed by atoms with Crippen LogP contribution in [0.4, 0.5) is 13.2 Å². The Morgan fingerprint density at radius 3 is 2.24 bits per heavy atom. The topological polar surface area (TPSA) is 52.6 Å². The van der Waals surface area contributed by atoms with Gasteiger partial charge >= 0.3 is 15.6 Å². The lowest BCUT2D eigenvalue weighted by Crippen LogP contribution is -2.64.